The monoisotopic (exact) mass is 341 g/mol. The molecule has 2 rings (SSSR count). The molecule has 130 valence electrons. The van der Waals surface area contributed by atoms with Crippen LogP contribution in [0.25, 0.3) is 11.3 Å². The predicted molar refractivity (Wildman–Crippen MR) is 82.1 cm³/mol. The van der Waals surface area contributed by atoms with Crippen LogP contribution in [0.5, 0.6) is 0 Å². The Labute approximate surface area is 137 Å². The molecule has 0 aliphatic heterocycles. The first kappa shape index (κ1) is 18.0. The molecule has 24 heavy (non-hydrogen) atoms. The molecule has 2 aromatic rings. The lowest BCUT2D eigenvalue weighted by molar-refractivity contribution is -0.175. The molecule has 1 amide bonds. The van der Waals surface area contributed by atoms with Crippen LogP contribution >= 0.6 is 0 Å². The van der Waals surface area contributed by atoms with Gasteiger partial charge in [0, 0.05) is 0 Å². The Morgan fingerprint density at radius 2 is 2.04 bits per heavy atom. The standard InChI is InChI=1S/C16H18F3N3O2/c1-2-12(21-14(23)9-24-10-16(17,18)19)15-20-8-13(22-15)11-6-4-3-5-7-11/h3-8,12H,2,9-10H2,1H3,(H,20,22)(H,21,23). The van der Waals surface area contributed by atoms with E-state index in [0.29, 0.717) is 12.2 Å². The molecule has 8 heteroatoms. The number of benzene rings is 1. The molecule has 1 aromatic carbocycles. The van der Waals surface area contributed by atoms with Crippen molar-refractivity contribution in [2.24, 2.45) is 0 Å². The highest BCUT2D eigenvalue weighted by Gasteiger charge is 2.28. The molecule has 0 spiro atoms. The van der Waals surface area contributed by atoms with Crippen molar-refractivity contribution in [3.8, 4) is 11.3 Å². The van der Waals surface area contributed by atoms with Gasteiger partial charge in [0.15, 0.2) is 0 Å². The van der Waals surface area contributed by atoms with E-state index in [-0.39, 0.29) is 0 Å². The zero-order valence-electron chi connectivity index (χ0n) is 13.1. The van der Waals surface area contributed by atoms with Crippen LogP contribution in [0, 0.1) is 0 Å². The van der Waals surface area contributed by atoms with E-state index in [9.17, 15) is 18.0 Å². The summed E-state index contributed by atoms with van der Waals surface area (Å²) in [5.74, 6) is -0.0794. The van der Waals surface area contributed by atoms with Gasteiger partial charge in [-0.3, -0.25) is 4.79 Å². The summed E-state index contributed by atoms with van der Waals surface area (Å²) in [5.41, 5.74) is 1.75. The zero-order chi connectivity index (χ0) is 17.6. The fourth-order valence-electron chi connectivity index (χ4n) is 2.14. The third-order valence-corrected chi connectivity index (χ3v) is 3.25. The summed E-state index contributed by atoms with van der Waals surface area (Å²) in [6.45, 7) is -0.259. The van der Waals surface area contributed by atoms with Crippen LogP contribution in [-0.2, 0) is 9.53 Å². The van der Waals surface area contributed by atoms with Crippen molar-refractivity contribution < 1.29 is 22.7 Å². The molecule has 0 fully saturated rings. The first-order valence-corrected chi connectivity index (χ1v) is 7.43. The van der Waals surface area contributed by atoms with Crippen LogP contribution in [0.2, 0.25) is 0 Å². The van der Waals surface area contributed by atoms with Gasteiger partial charge in [-0.05, 0) is 12.0 Å². The molecule has 0 saturated carbocycles. The fourth-order valence-corrected chi connectivity index (χ4v) is 2.14. The number of nitrogens with zero attached hydrogens (tertiary/aromatic N) is 1. The second-order valence-electron chi connectivity index (χ2n) is 5.18. The molecule has 0 aliphatic rings. The number of rotatable bonds is 7. The molecule has 0 bridgehead atoms. The van der Waals surface area contributed by atoms with Crippen molar-refractivity contribution in [2.45, 2.75) is 25.6 Å². The van der Waals surface area contributed by atoms with Gasteiger partial charge >= 0.3 is 6.18 Å². The topological polar surface area (TPSA) is 67.0 Å². The van der Waals surface area contributed by atoms with Gasteiger partial charge in [-0.1, -0.05) is 37.3 Å². The minimum atomic E-state index is -4.45. The van der Waals surface area contributed by atoms with Crippen molar-refractivity contribution >= 4 is 5.91 Å². The van der Waals surface area contributed by atoms with Gasteiger partial charge in [0.2, 0.25) is 5.91 Å². The van der Waals surface area contributed by atoms with Crippen LogP contribution in [-0.4, -0.2) is 35.3 Å². The first-order chi connectivity index (χ1) is 11.4. The lowest BCUT2D eigenvalue weighted by atomic mass is 10.2. The van der Waals surface area contributed by atoms with E-state index in [0.717, 1.165) is 11.3 Å². The lowest BCUT2D eigenvalue weighted by Crippen LogP contribution is -2.33. The van der Waals surface area contributed by atoms with Gasteiger partial charge in [0.05, 0.1) is 17.9 Å². The number of carbonyl (C=O) groups excluding carboxylic acids is 1. The number of carbonyl (C=O) groups is 1. The van der Waals surface area contributed by atoms with E-state index < -0.39 is 31.3 Å². The van der Waals surface area contributed by atoms with Gasteiger partial charge in [0.1, 0.15) is 19.0 Å². The Bertz CT molecular complexity index is 656. The van der Waals surface area contributed by atoms with Crippen LogP contribution < -0.4 is 5.32 Å². The second-order valence-corrected chi connectivity index (χ2v) is 5.18. The molecule has 0 radical (unpaired) electrons. The number of hydrogen-bond donors (Lipinski definition) is 2. The third-order valence-electron chi connectivity index (χ3n) is 3.25. The maximum Gasteiger partial charge on any atom is 0.411 e. The number of ether oxygens (including phenoxy) is 1. The summed E-state index contributed by atoms with van der Waals surface area (Å²) < 4.78 is 40.3. The Balaban J connectivity index is 1.94. The predicted octanol–water partition coefficient (Wildman–Crippen LogP) is 3.22. The van der Waals surface area contributed by atoms with E-state index in [4.69, 9.17) is 0 Å². The summed E-state index contributed by atoms with van der Waals surface area (Å²) in [4.78, 5) is 19.1. The van der Waals surface area contributed by atoms with Crippen LogP contribution in [0.1, 0.15) is 25.2 Å². The number of H-pyrrole nitrogens is 1. The van der Waals surface area contributed by atoms with Crippen molar-refractivity contribution in [3.63, 3.8) is 0 Å². The number of imidazole rings is 1. The van der Waals surface area contributed by atoms with E-state index in [2.05, 4.69) is 20.0 Å². The number of halogens is 3. The van der Waals surface area contributed by atoms with Gasteiger partial charge in [-0.2, -0.15) is 13.2 Å². The average Bonchev–Trinajstić information content (AvgIpc) is 3.02. The van der Waals surface area contributed by atoms with E-state index in [1.165, 1.54) is 0 Å². The molecule has 1 atom stereocenters. The first-order valence-electron chi connectivity index (χ1n) is 7.43. The maximum atomic E-state index is 12.0. The highest BCUT2D eigenvalue weighted by atomic mass is 19.4. The van der Waals surface area contributed by atoms with Crippen molar-refractivity contribution in [2.75, 3.05) is 13.2 Å². The Kier molecular flexibility index (Phi) is 5.97. The quantitative estimate of drug-likeness (QED) is 0.812. The number of amides is 1. The van der Waals surface area contributed by atoms with Gasteiger partial charge in [-0.25, -0.2) is 4.98 Å². The number of hydrogen-bond acceptors (Lipinski definition) is 3. The molecule has 2 N–H and O–H groups in total. The van der Waals surface area contributed by atoms with Gasteiger partial charge in [0.25, 0.3) is 0 Å². The minimum Gasteiger partial charge on any atom is -0.362 e. The highest BCUT2D eigenvalue weighted by Crippen LogP contribution is 2.20. The molecular weight excluding hydrogens is 323 g/mol. The minimum absolute atomic E-state index is 0.426. The summed E-state index contributed by atoms with van der Waals surface area (Å²) in [5, 5.41) is 2.61. The van der Waals surface area contributed by atoms with E-state index in [1.807, 2.05) is 37.3 Å². The lowest BCUT2D eigenvalue weighted by Gasteiger charge is -2.15. The summed E-state index contributed by atoms with van der Waals surface area (Å²) in [6, 6.07) is 9.10. The van der Waals surface area contributed by atoms with E-state index >= 15 is 0 Å². The van der Waals surface area contributed by atoms with Crippen molar-refractivity contribution in [1.29, 1.82) is 0 Å². The fraction of sp³-hybridized carbons (Fsp3) is 0.375. The zero-order valence-corrected chi connectivity index (χ0v) is 13.1. The number of aromatic amines is 1. The Morgan fingerprint density at radius 1 is 1.33 bits per heavy atom. The van der Waals surface area contributed by atoms with Crippen molar-refractivity contribution in [1.82, 2.24) is 15.3 Å². The SMILES string of the molecule is CCC(NC(=O)COCC(F)(F)F)c1ncc(-c2ccccc2)[nH]1. The molecule has 0 saturated heterocycles. The van der Waals surface area contributed by atoms with Gasteiger partial charge in [-0.15, -0.1) is 0 Å². The summed E-state index contributed by atoms with van der Waals surface area (Å²) in [6.07, 6.45) is -2.26. The molecular formula is C16H18F3N3O2. The largest absolute Gasteiger partial charge is 0.411 e. The number of aromatic nitrogens is 2. The molecule has 5 nitrogen and oxygen atoms in total. The smallest absolute Gasteiger partial charge is 0.362 e. The second kappa shape index (κ2) is 7.96. The number of nitrogens with one attached hydrogen (secondary N) is 2. The molecule has 1 heterocycles. The molecule has 1 aromatic heterocycles. The maximum absolute atomic E-state index is 12.0. The third kappa shape index (κ3) is 5.38. The van der Waals surface area contributed by atoms with Gasteiger partial charge < -0.3 is 15.0 Å². The summed E-state index contributed by atoms with van der Waals surface area (Å²) >= 11 is 0. The highest BCUT2D eigenvalue weighted by molar-refractivity contribution is 5.77. The van der Waals surface area contributed by atoms with Crippen LogP contribution in [0.15, 0.2) is 36.5 Å². The van der Waals surface area contributed by atoms with Crippen molar-refractivity contribution in [3.05, 3.63) is 42.4 Å². The summed E-state index contributed by atoms with van der Waals surface area (Å²) in [7, 11) is 0. The van der Waals surface area contributed by atoms with E-state index in [1.54, 1.807) is 6.20 Å². The van der Waals surface area contributed by atoms with Crippen LogP contribution in [0.4, 0.5) is 13.2 Å². The molecule has 1 unspecified atom stereocenters. The number of alkyl halides is 3. The Hall–Kier alpha value is -2.35. The molecule has 0 aliphatic carbocycles. The Morgan fingerprint density at radius 3 is 2.67 bits per heavy atom. The normalized spacial score (nSPS) is 12.8. The van der Waals surface area contributed by atoms with Crippen LogP contribution in [0.3, 0.4) is 0 Å². The average molecular weight is 341 g/mol.